The number of ketones is 1. The first kappa shape index (κ1) is 47.5. The number of Topliss-reactive ketones (excluding diaryl/α,β-unsaturated/α-hetero) is 1. The first-order valence-corrected chi connectivity index (χ1v) is 27.8. The molecule has 0 bridgehead atoms. The van der Waals surface area contributed by atoms with Gasteiger partial charge in [-0.15, -0.1) is 0 Å². The van der Waals surface area contributed by atoms with Crippen LogP contribution < -0.4 is 9.47 Å². The summed E-state index contributed by atoms with van der Waals surface area (Å²) < 4.78 is 37.1. The molecule has 0 amide bonds. The SMILES string of the molecule is CCC(C)CS(=O)(=O)c1ccc(CC(=O)Cc2ccc(-c3ccc(OC(=O)c4ccc5cc(OCCCCCCCCCCCC[Si](C)(C)CC)ccc5c4)cc3)cc2)cc1. The number of ether oxygens (including phenoxy) is 2. The highest BCUT2D eigenvalue weighted by molar-refractivity contribution is 7.91. The van der Waals surface area contributed by atoms with Crippen LogP contribution in [0.4, 0.5) is 0 Å². The van der Waals surface area contributed by atoms with Crippen LogP contribution in [0.15, 0.2) is 114 Å². The van der Waals surface area contributed by atoms with Gasteiger partial charge in [-0.1, -0.05) is 171 Å². The Labute approximate surface area is 367 Å². The number of hydrogen-bond donors (Lipinski definition) is 0. The van der Waals surface area contributed by atoms with Crippen LogP contribution in [-0.4, -0.2) is 40.6 Å². The molecule has 0 saturated carbocycles. The van der Waals surface area contributed by atoms with Crippen molar-refractivity contribution in [1.29, 1.82) is 0 Å². The molecular formula is C53H68O6SSi. The lowest BCUT2D eigenvalue weighted by atomic mass is 9.99. The van der Waals surface area contributed by atoms with Crippen molar-refractivity contribution in [2.24, 2.45) is 5.92 Å². The van der Waals surface area contributed by atoms with Crippen molar-refractivity contribution in [1.82, 2.24) is 0 Å². The highest BCUT2D eigenvalue weighted by atomic mass is 32.2. The zero-order chi connectivity index (χ0) is 43.7. The van der Waals surface area contributed by atoms with Gasteiger partial charge < -0.3 is 9.47 Å². The van der Waals surface area contributed by atoms with E-state index in [0.717, 1.165) is 51.6 Å². The van der Waals surface area contributed by atoms with E-state index in [1.54, 1.807) is 42.5 Å². The Morgan fingerprint density at radius 1 is 0.607 bits per heavy atom. The zero-order valence-electron chi connectivity index (χ0n) is 37.3. The van der Waals surface area contributed by atoms with E-state index in [1.807, 2.05) is 80.6 Å². The summed E-state index contributed by atoms with van der Waals surface area (Å²) in [6.07, 6.45) is 14.5. The minimum atomic E-state index is -3.34. The minimum absolute atomic E-state index is 0.0555. The fraction of sp³-hybridized carbons (Fsp3) is 0.434. The van der Waals surface area contributed by atoms with Gasteiger partial charge in [-0.25, -0.2) is 13.2 Å². The van der Waals surface area contributed by atoms with Crippen molar-refractivity contribution >= 4 is 40.4 Å². The second kappa shape index (κ2) is 23.6. The number of esters is 1. The molecule has 0 aromatic heterocycles. The molecule has 0 aliphatic carbocycles. The Balaban J connectivity index is 0.997. The third-order valence-corrected chi connectivity index (χ3v) is 17.8. The highest BCUT2D eigenvalue weighted by Crippen LogP contribution is 2.27. The molecule has 61 heavy (non-hydrogen) atoms. The maximum Gasteiger partial charge on any atom is 0.343 e. The maximum atomic E-state index is 13.1. The van der Waals surface area contributed by atoms with Gasteiger partial charge in [-0.05, 0) is 93.9 Å². The number of fused-ring (bicyclic) bond motifs is 1. The van der Waals surface area contributed by atoms with E-state index in [-0.39, 0.29) is 30.3 Å². The van der Waals surface area contributed by atoms with Crippen molar-refractivity contribution in [3.63, 3.8) is 0 Å². The number of hydrogen-bond acceptors (Lipinski definition) is 6. The number of sulfone groups is 1. The summed E-state index contributed by atoms with van der Waals surface area (Å²) in [6, 6.07) is 36.4. The van der Waals surface area contributed by atoms with Crippen LogP contribution in [0.2, 0.25) is 25.2 Å². The quantitative estimate of drug-likeness (QED) is 0.0238. The number of carbonyl (C=O) groups is 2. The maximum absolute atomic E-state index is 13.1. The van der Waals surface area contributed by atoms with Gasteiger partial charge in [-0.2, -0.15) is 0 Å². The fourth-order valence-corrected chi connectivity index (χ4v) is 10.8. The fourth-order valence-electron chi connectivity index (χ4n) is 7.54. The number of benzene rings is 5. The van der Waals surface area contributed by atoms with Gasteiger partial charge in [-0.3, -0.25) is 4.79 Å². The summed E-state index contributed by atoms with van der Waals surface area (Å²) in [5.41, 5.74) is 4.13. The molecule has 1 atom stereocenters. The highest BCUT2D eigenvalue weighted by Gasteiger charge is 2.19. The van der Waals surface area contributed by atoms with Crippen molar-refractivity contribution in [2.75, 3.05) is 12.4 Å². The third kappa shape index (κ3) is 15.7. The van der Waals surface area contributed by atoms with Gasteiger partial charge in [0.2, 0.25) is 0 Å². The summed E-state index contributed by atoms with van der Waals surface area (Å²) in [4.78, 5) is 26.3. The minimum Gasteiger partial charge on any atom is -0.494 e. The largest absolute Gasteiger partial charge is 0.494 e. The molecule has 5 aromatic rings. The number of rotatable bonds is 26. The lowest BCUT2D eigenvalue weighted by molar-refractivity contribution is -0.117. The molecule has 8 heteroatoms. The number of unbranched alkanes of at least 4 members (excludes halogenated alkanes) is 9. The van der Waals surface area contributed by atoms with E-state index < -0.39 is 23.9 Å². The molecule has 0 saturated heterocycles. The van der Waals surface area contributed by atoms with Crippen LogP contribution in [0.1, 0.15) is 113 Å². The Bertz CT molecular complexity index is 2250. The van der Waals surface area contributed by atoms with Crippen LogP contribution >= 0.6 is 0 Å². The lowest BCUT2D eigenvalue weighted by Gasteiger charge is -2.19. The molecule has 0 aliphatic rings. The predicted molar refractivity (Wildman–Crippen MR) is 256 cm³/mol. The molecule has 0 fully saturated rings. The first-order chi connectivity index (χ1) is 29.3. The molecule has 0 radical (unpaired) electrons. The van der Waals surface area contributed by atoms with Crippen LogP contribution in [0.3, 0.4) is 0 Å². The van der Waals surface area contributed by atoms with E-state index in [2.05, 4.69) is 20.0 Å². The second-order valence-corrected chi connectivity index (χ2v) is 25.4. The van der Waals surface area contributed by atoms with Crippen molar-refractivity contribution in [2.45, 2.75) is 134 Å². The average molecular weight is 861 g/mol. The molecule has 0 N–H and O–H groups in total. The molecule has 0 heterocycles. The lowest BCUT2D eigenvalue weighted by Crippen LogP contribution is -2.22. The van der Waals surface area contributed by atoms with E-state index >= 15 is 0 Å². The smallest absolute Gasteiger partial charge is 0.343 e. The Morgan fingerprint density at radius 3 is 1.70 bits per heavy atom. The van der Waals surface area contributed by atoms with E-state index in [0.29, 0.717) is 22.8 Å². The van der Waals surface area contributed by atoms with E-state index in [4.69, 9.17) is 9.47 Å². The van der Waals surface area contributed by atoms with Gasteiger partial charge >= 0.3 is 5.97 Å². The molecule has 0 aliphatic heterocycles. The third-order valence-electron chi connectivity index (χ3n) is 12.2. The molecule has 5 aromatic carbocycles. The van der Waals surface area contributed by atoms with Gasteiger partial charge in [0.1, 0.15) is 17.3 Å². The Morgan fingerprint density at radius 2 is 1.11 bits per heavy atom. The monoisotopic (exact) mass is 860 g/mol. The Kier molecular flexibility index (Phi) is 18.4. The molecule has 1 unspecified atom stereocenters. The van der Waals surface area contributed by atoms with Crippen LogP contribution in [0.25, 0.3) is 21.9 Å². The predicted octanol–water partition coefficient (Wildman–Crippen LogP) is 13.9. The van der Waals surface area contributed by atoms with Crippen molar-refractivity contribution < 1.29 is 27.5 Å². The summed E-state index contributed by atoms with van der Waals surface area (Å²) >= 11 is 0. The van der Waals surface area contributed by atoms with E-state index in [9.17, 15) is 18.0 Å². The Hall–Kier alpha value is -4.53. The van der Waals surface area contributed by atoms with Gasteiger partial charge in [0.25, 0.3) is 0 Å². The number of carbonyl (C=O) groups excluding carboxylic acids is 2. The summed E-state index contributed by atoms with van der Waals surface area (Å²) in [6.45, 7) is 12.0. The molecule has 6 nitrogen and oxygen atoms in total. The summed E-state index contributed by atoms with van der Waals surface area (Å²) in [7, 11) is -4.22. The molecule has 0 spiro atoms. The van der Waals surface area contributed by atoms with Gasteiger partial charge in [0, 0.05) is 20.9 Å². The van der Waals surface area contributed by atoms with Crippen molar-refractivity contribution in [3.8, 4) is 22.6 Å². The molecule has 5 rings (SSSR count). The van der Waals surface area contributed by atoms with Gasteiger partial charge in [0.05, 0.1) is 22.8 Å². The van der Waals surface area contributed by atoms with Crippen LogP contribution in [-0.2, 0) is 27.5 Å². The zero-order valence-corrected chi connectivity index (χ0v) is 39.2. The van der Waals surface area contributed by atoms with Crippen molar-refractivity contribution in [3.05, 3.63) is 126 Å². The van der Waals surface area contributed by atoms with Crippen LogP contribution in [0, 0.1) is 5.92 Å². The van der Waals surface area contributed by atoms with Gasteiger partial charge in [0.15, 0.2) is 9.84 Å². The average Bonchev–Trinajstić information content (AvgIpc) is 3.25. The first-order valence-electron chi connectivity index (χ1n) is 22.8. The summed E-state index contributed by atoms with van der Waals surface area (Å²) in [5.74, 6) is 1.16. The normalized spacial score (nSPS) is 12.3. The summed E-state index contributed by atoms with van der Waals surface area (Å²) in [5, 5.41) is 1.97. The second-order valence-electron chi connectivity index (χ2n) is 17.8. The topological polar surface area (TPSA) is 86.7 Å². The standard InChI is InChI=1S/C53H68O6SSi/c1-6-41(3)40-60(56,57)52-32-20-43(21-33-52)37-49(54)36-42-18-22-44(23-19-42)45-26-29-50(30-27-45)59-53(55)48-25-24-47-39-51(31-28-46(47)38-48)58-34-16-14-12-10-8-9-11-13-15-17-35-61(4,5)7-2/h18-33,38-39,41H,6-17,34-37,40H2,1-5H3. The van der Waals surface area contributed by atoms with E-state index in [1.165, 1.54) is 69.9 Å². The molecular weight excluding hydrogens is 793 g/mol. The van der Waals surface area contributed by atoms with Crippen LogP contribution in [0.5, 0.6) is 11.5 Å². The molecule has 326 valence electrons.